The molecule has 0 amide bonds. The van der Waals surface area contributed by atoms with Crippen LogP contribution in [-0.2, 0) is 16.4 Å². The van der Waals surface area contributed by atoms with Crippen molar-refractivity contribution in [2.24, 2.45) is 0 Å². The van der Waals surface area contributed by atoms with Gasteiger partial charge in [0.05, 0.1) is 14.7 Å². The molecule has 2 heterocycles. The number of nitrogens with zero attached hydrogens (tertiary/aromatic N) is 4. The van der Waals surface area contributed by atoms with Crippen molar-refractivity contribution < 1.29 is 13.3 Å². The zero-order valence-corrected chi connectivity index (χ0v) is 15.1. The second-order valence-corrected chi connectivity index (χ2v) is 8.47. The molecular formula is C14H17N5O4S2. The molecule has 0 saturated carbocycles. The number of sulfonamides is 1. The largest absolute Gasteiger partial charge is 0.284 e. The van der Waals surface area contributed by atoms with Gasteiger partial charge < -0.3 is 0 Å². The topological polar surface area (TPSA) is 122 Å². The van der Waals surface area contributed by atoms with Crippen LogP contribution in [0.25, 0.3) is 0 Å². The third-order valence-electron chi connectivity index (χ3n) is 3.88. The first-order valence-corrected chi connectivity index (χ1v) is 10.0. The van der Waals surface area contributed by atoms with E-state index in [0.29, 0.717) is 35.4 Å². The number of nitro groups is 1. The molecule has 1 aliphatic heterocycles. The van der Waals surface area contributed by atoms with Gasteiger partial charge in [-0.2, -0.15) is 4.31 Å². The molecule has 1 N–H and O–H groups in total. The number of nitrogens with one attached hydrogen (secondary N) is 1. The van der Waals surface area contributed by atoms with Crippen LogP contribution in [0.5, 0.6) is 0 Å². The number of aromatic amines is 1. The first-order valence-electron chi connectivity index (χ1n) is 7.79. The summed E-state index contributed by atoms with van der Waals surface area (Å²) in [5.41, 5.74) is -0.270. The molecule has 3 rings (SSSR count). The number of H-pyrrole nitrogens is 1. The molecule has 0 radical (unpaired) electrons. The number of benzene rings is 1. The van der Waals surface area contributed by atoms with Crippen LogP contribution >= 0.6 is 11.8 Å². The maximum atomic E-state index is 12.6. The smallest absolute Gasteiger partial charge is 0.262 e. The lowest BCUT2D eigenvalue weighted by atomic mass is 10.3. The minimum absolute atomic E-state index is 0.0605. The number of hydrogen-bond donors (Lipinski definition) is 1. The second-order valence-electron chi connectivity index (χ2n) is 5.52. The van der Waals surface area contributed by atoms with Crippen molar-refractivity contribution in [2.45, 2.75) is 41.1 Å². The highest BCUT2D eigenvalue weighted by Gasteiger charge is 2.29. The average Bonchev–Trinajstić information content (AvgIpc) is 3.26. The number of aromatic nitrogens is 3. The van der Waals surface area contributed by atoms with Crippen molar-refractivity contribution in [1.82, 2.24) is 19.5 Å². The fraction of sp³-hybridized carbons (Fsp3) is 0.429. The molecule has 134 valence electrons. The molecule has 9 nitrogen and oxygen atoms in total. The molecule has 0 spiro atoms. The molecule has 0 bridgehead atoms. The van der Waals surface area contributed by atoms with Gasteiger partial charge in [0.15, 0.2) is 0 Å². The summed E-state index contributed by atoms with van der Waals surface area (Å²) in [5, 5.41) is 18.5. The SMILES string of the molecule is CCc1nc(Sc2ccc(S(=O)(=O)N3CCCC3)cc2[N+](=O)[O-])n[nH]1. The summed E-state index contributed by atoms with van der Waals surface area (Å²) in [6.45, 7) is 2.81. The van der Waals surface area contributed by atoms with Crippen molar-refractivity contribution in [2.75, 3.05) is 13.1 Å². The zero-order valence-electron chi connectivity index (χ0n) is 13.5. The molecule has 1 saturated heterocycles. The molecular weight excluding hydrogens is 366 g/mol. The predicted molar refractivity (Wildman–Crippen MR) is 91.0 cm³/mol. The van der Waals surface area contributed by atoms with Crippen molar-refractivity contribution in [3.05, 3.63) is 34.1 Å². The van der Waals surface area contributed by atoms with E-state index in [4.69, 9.17) is 0 Å². The standard InChI is InChI=1S/C14H17N5O4S2/c1-2-13-15-14(17-16-13)24-12-6-5-10(9-11(12)19(20)21)25(22,23)18-7-3-4-8-18/h5-6,9H,2-4,7-8H2,1H3,(H,15,16,17). The van der Waals surface area contributed by atoms with Crippen LogP contribution in [0.3, 0.4) is 0 Å². The average molecular weight is 383 g/mol. The van der Waals surface area contributed by atoms with E-state index in [-0.39, 0.29) is 10.6 Å². The van der Waals surface area contributed by atoms with Crippen molar-refractivity contribution in [3.8, 4) is 0 Å². The van der Waals surface area contributed by atoms with E-state index in [1.807, 2.05) is 6.92 Å². The molecule has 1 aromatic carbocycles. The van der Waals surface area contributed by atoms with Gasteiger partial charge in [-0.15, -0.1) is 5.10 Å². The number of rotatable bonds is 6. The third kappa shape index (κ3) is 3.67. The third-order valence-corrected chi connectivity index (χ3v) is 6.70. The lowest BCUT2D eigenvalue weighted by molar-refractivity contribution is -0.388. The van der Waals surface area contributed by atoms with Crippen LogP contribution in [0, 0.1) is 10.1 Å². The Morgan fingerprint density at radius 1 is 1.36 bits per heavy atom. The lowest BCUT2D eigenvalue weighted by Crippen LogP contribution is -2.27. The fourth-order valence-corrected chi connectivity index (χ4v) is 4.90. The predicted octanol–water partition coefficient (Wildman–Crippen LogP) is 2.21. The van der Waals surface area contributed by atoms with Gasteiger partial charge in [0.2, 0.25) is 15.2 Å². The van der Waals surface area contributed by atoms with Crippen LogP contribution in [0.2, 0.25) is 0 Å². The highest BCUT2D eigenvalue weighted by molar-refractivity contribution is 7.99. The second kappa shape index (κ2) is 7.10. The van der Waals surface area contributed by atoms with Crippen LogP contribution in [-0.4, -0.2) is 45.9 Å². The first kappa shape index (κ1) is 17.8. The van der Waals surface area contributed by atoms with Gasteiger partial charge in [0.25, 0.3) is 5.69 Å². The van der Waals surface area contributed by atoms with Gasteiger partial charge in [0.1, 0.15) is 5.82 Å². The maximum Gasteiger partial charge on any atom is 0.284 e. The Balaban J connectivity index is 1.94. The van der Waals surface area contributed by atoms with Crippen molar-refractivity contribution in [3.63, 3.8) is 0 Å². The summed E-state index contributed by atoms with van der Waals surface area (Å²) < 4.78 is 26.5. The molecule has 1 aliphatic rings. The Kier molecular flexibility index (Phi) is 5.06. The number of aryl methyl sites for hydroxylation is 1. The maximum absolute atomic E-state index is 12.6. The van der Waals surface area contributed by atoms with E-state index in [0.717, 1.165) is 30.7 Å². The molecule has 1 fully saturated rings. The highest BCUT2D eigenvalue weighted by atomic mass is 32.2. The molecule has 2 aromatic rings. The quantitative estimate of drug-likeness (QED) is 0.599. The Labute approximate surface area is 149 Å². The molecule has 1 aromatic heterocycles. The van der Waals surface area contributed by atoms with E-state index in [1.165, 1.54) is 16.4 Å². The Morgan fingerprint density at radius 2 is 2.08 bits per heavy atom. The molecule has 0 unspecified atom stereocenters. The first-order chi connectivity index (χ1) is 11.9. The lowest BCUT2D eigenvalue weighted by Gasteiger charge is -2.15. The molecule has 0 aliphatic carbocycles. The minimum Gasteiger partial charge on any atom is -0.262 e. The zero-order chi connectivity index (χ0) is 18.0. The summed E-state index contributed by atoms with van der Waals surface area (Å²) in [6.07, 6.45) is 2.28. The van der Waals surface area contributed by atoms with E-state index < -0.39 is 14.9 Å². The Hall–Kier alpha value is -1.98. The van der Waals surface area contributed by atoms with Gasteiger partial charge in [-0.3, -0.25) is 15.2 Å². The van der Waals surface area contributed by atoms with Crippen LogP contribution in [0.4, 0.5) is 5.69 Å². The van der Waals surface area contributed by atoms with Crippen molar-refractivity contribution in [1.29, 1.82) is 0 Å². The highest BCUT2D eigenvalue weighted by Crippen LogP contribution is 2.35. The summed E-state index contributed by atoms with van der Waals surface area (Å²) in [4.78, 5) is 15.3. The van der Waals surface area contributed by atoms with Gasteiger partial charge in [-0.1, -0.05) is 6.92 Å². The van der Waals surface area contributed by atoms with Gasteiger partial charge in [-0.25, -0.2) is 13.4 Å². The van der Waals surface area contributed by atoms with Gasteiger partial charge >= 0.3 is 0 Å². The normalized spacial score (nSPS) is 15.6. The summed E-state index contributed by atoms with van der Waals surface area (Å²) >= 11 is 1.03. The summed E-state index contributed by atoms with van der Waals surface area (Å²) in [5.74, 6) is 0.679. The van der Waals surface area contributed by atoms with E-state index in [2.05, 4.69) is 15.2 Å². The van der Waals surface area contributed by atoms with Crippen molar-refractivity contribution >= 4 is 27.5 Å². The van der Waals surface area contributed by atoms with Gasteiger partial charge in [-0.05, 0) is 36.7 Å². The molecule has 25 heavy (non-hydrogen) atoms. The number of nitro benzene ring substituents is 1. The fourth-order valence-electron chi connectivity index (χ4n) is 2.54. The minimum atomic E-state index is -3.70. The Bertz CT molecular complexity index is 890. The monoisotopic (exact) mass is 383 g/mol. The summed E-state index contributed by atoms with van der Waals surface area (Å²) in [7, 11) is -3.70. The van der Waals surface area contributed by atoms with Crippen LogP contribution in [0.1, 0.15) is 25.6 Å². The van der Waals surface area contributed by atoms with E-state index >= 15 is 0 Å². The van der Waals surface area contributed by atoms with E-state index in [9.17, 15) is 18.5 Å². The number of hydrogen-bond acceptors (Lipinski definition) is 7. The van der Waals surface area contributed by atoms with Gasteiger partial charge in [0, 0.05) is 25.6 Å². The summed E-state index contributed by atoms with van der Waals surface area (Å²) in [6, 6.07) is 3.95. The Morgan fingerprint density at radius 3 is 2.68 bits per heavy atom. The molecule has 0 atom stereocenters. The van der Waals surface area contributed by atoms with Crippen LogP contribution < -0.4 is 0 Å². The van der Waals surface area contributed by atoms with Crippen LogP contribution in [0.15, 0.2) is 33.1 Å². The molecule has 11 heteroatoms. The van der Waals surface area contributed by atoms with E-state index in [1.54, 1.807) is 0 Å².